The van der Waals surface area contributed by atoms with E-state index in [0.29, 0.717) is 12.4 Å². The molecule has 0 radical (unpaired) electrons. The Hall–Kier alpha value is -4.13. The number of hydrogen-bond donors (Lipinski definition) is 2. The van der Waals surface area contributed by atoms with E-state index >= 15 is 0 Å². The first-order chi connectivity index (χ1) is 15.4. The summed E-state index contributed by atoms with van der Waals surface area (Å²) in [6.45, 7) is 1.69. The van der Waals surface area contributed by atoms with Gasteiger partial charge in [-0.05, 0) is 41.5 Å². The molecule has 0 aliphatic carbocycles. The maximum Gasteiger partial charge on any atom is 0.326 e. The predicted molar refractivity (Wildman–Crippen MR) is 118 cm³/mol. The average Bonchev–Trinajstić information content (AvgIpc) is 2.78. The molecule has 0 spiro atoms. The first-order valence-electron chi connectivity index (χ1n) is 9.98. The minimum atomic E-state index is -1.15. The third-order valence-electron chi connectivity index (χ3n) is 4.57. The highest BCUT2D eigenvalue weighted by Gasteiger charge is 2.21. The molecule has 32 heavy (non-hydrogen) atoms. The number of hydrogen-bond acceptors (Lipinski definition) is 5. The molecule has 0 saturated heterocycles. The number of carboxylic acid groups (broad SMARTS) is 1. The zero-order valence-corrected chi connectivity index (χ0v) is 17.5. The molecule has 7 heteroatoms. The topological polar surface area (TPSA) is 102 Å². The van der Waals surface area contributed by atoms with Crippen LogP contribution in [0.15, 0.2) is 78.9 Å². The standard InChI is InChI=1S/C25H23NO6/c1-17(27)32-22-9-5-8-20(15-22)24(28)26-23(25(29)30)14-18-10-12-21(13-11-18)31-16-19-6-3-2-4-7-19/h2-13,15,23H,14,16H2,1H3,(H,26,28)(H,29,30)/t23-/m0/s1. The zero-order chi connectivity index (χ0) is 22.9. The number of benzene rings is 3. The second-order valence-corrected chi connectivity index (χ2v) is 7.11. The van der Waals surface area contributed by atoms with Crippen LogP contribution in [0.4, 0.5) is 0 Å². The Morgan fingerprint density at radius 1 is 0.875 bits per heavy atom. The molecule has 0 aliphatic heterocycles. The van der Waals surface area contributed by atoms with Gasteiger partial charge < -0.3 is 19.9 Å². The lowest BCUT2D eigenvalue weighted by atomic mass is 10.1. The van der Waals surface area contributed by atoms with Crippen molar-refractivity contribution in [2.24, 2.45) is 0 Å². The van der Waals surface area contributed by atoms with Crippen LogP contribution in [0.25, 0.3) is 0 Å². The van der Waals surface area contributed by atoms with Gasteiger partial charge in [0.2, 0.25) is 0 Å². The molecule has 1 atom stereocenters. The van der Waals surface area contributed by atoms with Gasteiger partial charge in [0.15, 0.2) is 0 Å². The lowest BCUT2D eigenvalue weighted by Crippen LogP contribution is -2.42. The maximum atomic E-state index is 12.5. The van der Waals surface area contributed by atoms with Gasteiger partial charge in [-0.15, -0.1) is 0 Å². The largest absolute Gasteiger partial charge is 0.489 e. The van der Waals surface area contributed by atoms with Crippen molar-refractivity contribution in [3.8, 4) is 11.5 Å². The normalized spacial score (nSPS) is 11.3. The van der Waals surface area contributed by atoms with Crippen molar-refractivity contribution in [2.45, 2.75) is 26.0 Å². The van der Waals surface area contributed by atoms with Gasteiger partial charge in [0.25, 0.3) is 5.91 Å². The van der Waals surface area contributed by atoms with E-state index in [4.69, 9.17) is 9.47 Å². The highest BCUT2D eigenvalue weighted by molar-refractivity contribution is 5.97. The van der Waals surface area contributed by atoms with E-state index in [1.807, 2.05) is 30.3 Å². The maximum absolute atomic E-state index is 12.5. The summed E-state index contributed by atoms with van der Waals surface area (Å²) >= 11 is 0. The molecular formula is C25H23NO6. The van der Waals surface area contributed by atoms with E-state index in [9.17, 15) is 19.5 Å². The van der Waals surface area contributed by atoms with Crippen LogP contribution in [0.2, 0.25) is 0 Å². The Morgan fingerprint density at radius 3 is 2.25 bits per heavy atom. The highest BCUT2D eigenvalue weighted by atomic mass is 16.5. The lowest BCUT2D eigenvalue weighted by molar-refractivity contribution is -0.139. The number of carbonyl (C=O) groups excluding carboxylic acids is 2. The summed E-state index contributed by atoms with van der Waals surface area (Å²) in [6, 6.07) is 21.7. The molecule has 3 aromatic carbocycles. The molecular weight excluding hydrogens is 410 g/mol. The summed E-state index contributed by atoms with van der Waals surface area (Å²) < 4.78 is 10.7. The van der Waals surface area contributed by atoms with Gasteiger partial charge in [-0.25, -0.2) is 4.79 Å². The molecule has 0 bridgehead atoms. The molecule has 164 valence electrons. The molecule has 0 aliphatic rings. The number of ether oxygens (including phenoxy) is 2. The van der Waals surface area contributed by atoms with Crippen LogP contribution < -0.4 is 14.8 Å². The van der Waals surface area contributed by atoms with Crippen LogP contribution in [-0.4, -0.2) is 29.0 Å². The monoisotopic (exact) mass is 433 g/mol. The lowest BCUT2D eigenvalue weighted by Gasteiger charge is -2.15. The summed E-state index contributed by atoms with van der Waals surface area (Å²) in [5.74, 6) is -1.37. The first-order valence-corrected chi connectivity index (χ1v) is 9.98. The molecule has 0 fully saturated rings. The molecule has 7 nitrogen and oxygen atoms in total. The van der Waals surface area contributed by atoms with Gasteiger partial charge in [0, 0.05) is 18.9 Å². The molecule has 2 N–H and O–H groups in total. The van der Waals surface area contributed by atoms with E-state index in [1.54, 1.807) is 30.3 Å². The van der Waals surface area contributed by atoms with Crippen molar-refractivity contribution in [3.63, 3.8) is 0 Å². The summed E-state index contributed by atoms with van der Waals surface area (Å²) in [7, 11) is 0. The SMILES string of the molecule is CC(=O)Oc1cccc(C(=O)N[C@@H](Cc2ccc(OCc3ccccc3)cc2)C(=O)O)c1. The van der Waals surface area contributed by atoms with E-state index < -0.39 is 23.9 Å². The van der Waals surface area contributed by atoms with Crippen LogP contribution in [0.5, 0.6) is 11.5 Å². The van der Waals surface area contributed by atoms with Crippen molar-refractivity contribution in [3.05, 3.63) is 95.6 Å². The van der Waals surface area contributed by atoms with Gasteiger partial charge in [-0.2, -0.15) is 0 Å². The van der Waals surface area contributed by atoms with Crippen LogP contribution in [0.1, 0.15) is 28.4 Å². The number of carboxylic acids is 1. The third-order valence-corrected chi connectivity index (χ3v) is 4.57. The molecule has 0 saturated carbocycles. The Bertz CT molecular complexity index is 1080. The number of carbonyl (C=O) groups is 3. The Balaban J connectivity index is 1.60. The van der Waals surface area contributed by atoms with Crippen LogP contribution in [0.3, 0.4) is 0 Å². The van der Waals surface area contributed by atoms with Crippen molar-refractivity contribution >= 4 is 17.8 Å². The van der Waals surface area contributed by atoms with Gasteiger partial charge in [-0.1, -0.05) is 48.5 Å². The van der Waals surface area contributed by atoms with Crippen molar-refractivity contribution < 1.29 is 29.0 Å². The number of amides is 1. The highest BCUT2D eigenvalue weighted by Crippen LogP contribution is 2.17. The van der Waals surface area contributed by atoms with Crippen LogP contribution in [-0.2, 0) is 22.6 Å². The number of esters is 1. The fourth-order valence-electron chi connectivity index (χ4n) is 3.01. The smallest absolute Gasteiger partial charge is 0.326 e. The van der Waals surface area contributed by atoms with E-state index in [2.05, 4.69) is 5.32 Å². The minimum Gasteiger partial charge on any atom is -0.489 e. The van der Waals surface area contributed by atoms with Crippen molar-refractivity contribution in [2.75, 3.05) is 0 Å². The average molecular weight is 433 g/mol. The molecule has 0 heterocycles. The Kier molecular flexibility index (Phi) is 7.59. The van der Waals surface area contributed by atoms with Crippen molar-refractivity contribution in [1.29, 1.82) is 0 Å². The van der Waals surface area contributed by atoms with Crippen LogP contribution in [0, 0.1) is 0 Å². The van der Waals surface area contributed by atoms with E-state index in [1.165, 1.54) is 25.1 Å². The fourth-order valence-corrected chi connectivity index (χ4v) is 3.01. The summed E-state index contributed by atoms with van der Waals surface area (Å²) in [6.07, 6.45) is 0.101. The minimum absolute atomic E-state index is 0.101. The van der Waals surface area contributed by atoms with Gasteiger partial charge in [-0.3, -0.25) is 9.59 Å². The quantitative estimate of drug-likeness (QED) is 0.395. The van der Waals surface area contributed by atoms with E-state index in [-0.39, 0.29) is 17.7 Å². The summed E-state index contributed by atoms with van der Waals surface area (Å²) in [4.78, 5) is 35.3. The Morgan fingerprint density at radius 2 is 1.59 bits per heavy atom. The second kappa shape index (κ2) is 10.8. The molecule has 1 amide bonds. The number of rotatable bonds is 9. The van der Waals surface area contributed by atoms with Crippen LogP contribution >= 0.6 is 0 Å². The molecule has 3 aromatic rings. The number of nitrogens with one attached hydrogen (secondary N) is 1. The van der Waals surface area contributed by atoms with E-state index in [0.717, 1.165) is 11.1 Å². The van der Waals surface area contributed by atoms with Gasteiger partial charge in [0.05, 0.1) is 0 Å². The zero-order valence-electron chi connectivity index (χ0n) is 17.5. The Labute approximate surface area is 185 Å². The second-order valence-electron chi connectivity index (χ2n) is 7.11. The summed E-state index contributed by atoms with van der Waals surface area (Å²) in [5, 5.41) is 12.1. The molecule has 3 rings (SSSR count). The van der Waals surface area contributed by atoms with Gasteiger partial charge in [0.1, 0.15) is 24.1 Å². The van der Waals surface area contributed by atoms with Gasteiger partial charge >= 0.3 is 11.9 Å². The predicted octanol–water partition coefficient (Wildman–Crippen LogP) is 3.62. The number of aliphatic carboxylic acids is 1. The first kappa shape index (κ1) is 22.6. The summed E-state index contributed by atoms with van der Waals surface area (Å²) in [5.41, 5.74) is 1.97. The fraction of sp³-hybridized carbons (Fsp3) is 0.160. The van der Waals surface area contributed by atoms with Crippen molar-refractivity contribution in [1.82, 2.24) is 5.32 Å². The molecule has 0 aromatic heterocycles. The third kappa shape index (κ3) is 6.70. The molecule has 0 unspecified atom stereocenters.